The molecule has 0 bridgehead atoms. The summed E-state index contributed by atoms with van der Waals surface area (Å²) in [6, 6.07) is 0.113. The first kappa shape index (κ1) is 9.99. The Hall–Kier alpha value is -0.0900. The van der Waals surface area contributed by atoms with E-state index < -0.39 is 10.0 Å². The molecule has 1 fully saturated rings. The zero-order valence-electron chi connectivity index (χ0n) is 7.71. The van der Waals surface area contributed by atoms with Gasteiger partial charge >= 0.3 is 0 Å². The second-order valence-electron chi connectivity index (χ2n) is 3.72. The van der Waals surface area contributed by atoms with Gasteiger partial charge in [0.05, 0.1) is 6.26 Å². The largest absolute Gasteiger partial charge is 0.213 e. The summed E-state index contributed by atoms with van der Waals surface area (Å²) in [6.07, 6.45) is 6.06. The molecule has 3 nitrogen and oxygen atoms in total. The van der Waals surface area contributed by atoms with E-state index in [2.05, 4.69) is 4.72 Å². The van der Waals surface area contributed by atoms with Gasteiger partial charge in [-0.15, -0.1) is 0 Å². The lowest BCUT2D eigenvalue weighted by atomic mass is 10.0. The zero-order chi connectivity index (χ0) is 9.19. The summed E-state index contributed by atoms with van der Waals surface area (Å²) in [7, 11) is -3.01. The van der Waals surface area contributed by atoms with Crippen molar-refractivity contribution in [3.05, 3.63) is 0 Å². The van der Waals surface area contributed by atoms with Gasteiger partial charge in [-0.05, 0) is 25.7 Å². The maximum atomic E-state index is 10.9. The molecule has 1 aliphatic carbocycles. The maximum absolute atomic E-state index is 10.9. The molecule has 0 saturated heterocycles. The van der Waals surface area contributed by atoms with Crippen molar-refractivity contribution in [2.45, 2.75) is 38.6 Å². The van der Waals surface area contributed by atoms with Crippen molar-refractivity contribution >= 4 is 10.0 Å². The fraction of sp³-hybridized carbons (Fsp3) is 1.00. The SMILES string of the molecule is C[C@H](NS(C)(=O)=O)C1CCCC1. The van der Waals surface area contributed by atoms with Gasteiger partial charge in [-0.2, -0.15) is 0 Å². The summed E-state index contributed by atoms with van der Waals surface area (Å²) in [5, 5.41) is 0. The van der Waals surface area contributed by atoms with Crippen LogP contribution in [0.25, 0.3) is 0 Å². The highest BCUT2D eigenvalue weighted by Gasteiger charge is 2.23. The fourth-order valence-corrected chi connectivity index (χ4v) is 2.76. The van der Waals surface area contributed by atoms with Gasteiger partial charge in [0, 0.05) is 6.04 Å². The van der Waals surface area contributed by atoms with Crippen LogP contribution >= 0.6 is 0 Å². The molecular formula is C8H17NO2S. The predicted octanol–water partition coefficient (Wildman–Crippen LogP) is 1.11. The van der Waals surface area contributed by atoms with Gasteiger partial charge in [-0.3, -0.25) is 0 Å². The van der Waals surface area contributed by atoms with Crippen LogP contribution in [0.3, 0.4) is 0 Å². The molecule has 12 heavy (non-hydrogen) atoms. The van der Waals surface area contributed by atoms with Crippen LogP contribution in [-0.2, 0) is 10.0 Å². The highest BCUT2D eigenvalue weighted by atomic mass is 32.2. The van der Waals surface area contributed by atoms with Gasteiger partial charge in [0.25, 0.3) is 0 Å². The summed E-state index contributed by atoms with van der Waals surface area (Å²) in [4.78, 5) is 0. The van der Waals surface area contributed by atoms with Crippen LogP contribution in [0.5, 0.6) is 0 Å². The zero-order valence-corrected chi connectivity index (χ0v) is 8.52. The van der Waals surface area contributed by atoms with E-state index in [9.17, 15) is 8.42 Å². The van der Waals surface area contributed by atoms with E-state index >= 15 is 0 Å². The van der Waals surface area contributed by atoms with Crippen LogP contribution < -0.4 is 4.72 Å². The number of sulfonamides is 1. The minimum absolute atomic E-state index is 0.113. The molecule has 4 heteroatoms. The van der Waals surface area contributed by atoms with E-state index in [0.717, 1.165) is 0 Å². The fourth-order valence-electron chi connectivity index (χ4n) is 1.89. The topological polar surface area (TPSA) is 46.2 Å². The van der Waals surface area contributed by atoms with Crippen LogP contribution in [0.15, 0.2) is 0 Å². The molecule has 1 atom stereocenters. The Morgan fingerprint density at radius 1 is 1.33 bits per heavy atom. The normalized spacial score (nSPS) is 22.8. The molecule has 0 unspecified atom stereocenters. The van der Waals surface area contributed by atoms with Crippen molar-refractivity contribution in [2.75, 3.05) is 6.26 Å². The quantitative estimate of drug-likeness (QED) is 0.726. The van der Waals surface area contributed by atoms with Gasteiger partial charge in [-0.25, -0.2) is 13.1 Å². The Kier molecular flexibility index (Phi) is 3.12. The summed E-state index contributed by atoms with van der Waals surface area (Å²) < 4.78 is 24.4. The number of nitrogens with one attached hydrogen (secondary N) is 1. The lowest BCUT2D eigenvalue weighted by molar-refractivity contribution is 0.425. The average Bonchev–Trinajstić information content (AvgIpc) is 2.32. The van der Waals surface area contributed by atoms with Gasteiger partial charge in [0.1, 0.15) is 0 Å². The lowest BCUT2D eigenvalue weighted by Crippen LogP contribution is -2.36. The molecular weight excluding hydrogens is 174 g/mol. The number of rotatable bonds is 3. The molecule has 0 radical (unpaired) electrons. The first-order valence-electron chi connectivity index (χ1n) is 4.46. The molecule has 0 heterocycles. The standard InChI is InChI=1S/C8H17NO2S/c1-7(9-12(2,10)11)8-5-3-4-6-8/h7-9H,3-6H2,1-2H3/t7-/m0/s1. The third-order valence-electron chi connectivity index (χ3n) is 2.51. The van der Waals surface area contributed by atoms with Crippen LogP contribution in [-0.4, -0.2) is 20.7 Å². The monoisotopic (exact) mass is 191 g/mol. The highest BCUT2D eigenvalue weighted by Crippen LogP contribution is 2.27. The highest BCUT2D eigenvalue weighted by molar-refractivity contribution is 7.88. The molecule has 72 valence electrons. The number of hydrogen-bond acceptors (Lipinski definition) is 2. The molecule has 0 aromatic rings. The minimum atomic E-state index is -3.01. The van der Waals surface area contributed by atoms with E-state index in [1.807, 2.05) is 6.92 Å². The third-order valence-corrected chi connectivity index (χ3v) is 3.31. The van der Waals surface area contributed by atoms with E-state index in [0.29, 0.717) is 5.92 Å². The Morgan fingerprint density at radius 3 is 2.25 bits per heavy atom. The van der Waals surface area contributed by atoms with Gasteiger partial charge < -0.3 is 0 Å². The van der Waals surface area contributed by atoms with Crippen LogP contribution in [0, 0.1) is 5.92 Å². The van der Waals surface area contributed by atoms with E-state index in [4.69, 9.17) is 0 Å². The summed E-state index contributed by atoms with van der Waals surface area (Å²) in [5.74, 6) is 0.555. The smallest absolute Gasteiger partial charge is 0.208 e. The summed E-state index contributed by atoms with van der Waals surface area (Å²) in [5.41, 5.74) is 0. The molecule has 1 N–H and O–H groups in total. The molecule has 1 rings (SSSR count). The van der Waals surface area contributed by atoms with Crippen molar-refractivity contribution in [3.63, 3.8) is 0 Å². The Balaban J connectivity index is 2.42. The van der Waals surface area contributed by atoms with E-state index in [1.54, 1.807) is 0 Å². The molecule has 1 aliphatic rings. The second-order valence-corrected chi connectivity index (χ2v) is 5.50. The van der Waals surface area contributed by atoms with Crippen LogP contribution in [0.1, 0.15) is 32.6 Å². The summed E-state index contributed by atoms with van der Waals surface area (Å²) >= 11 is 0. The van der Waals surface area contributed by atoms with Crippen molar-refractivity contribution in [2.24, 2.45) is 5.92 Å². The molecule has 1 saturated carbocycles. The first-order chi connectivity index (χ1) is 5.49. The van der Waals surface area contributed by atoms with E-state index in [1.165, 1.54) is 31.9 Å². The Morgan fingerprint density at radius 2 is 1.83 bits per heavy atom. The van der Waals surface area contributed by atoms with E-state index in [-0.39, 0.29) is 6.04 Å². The van der Waals surface area contributed by atoms with Gasteiger partial charge in [-0.1, -0.05) is 12.8 Å². The Bertz CT molecular complexity index is 229. The predicted molar refractivity (Wildman–Crippen MR) is 49.4 cm³/mol. The van der Waals surface area contributed by atoms with Crippen molar-refractivity contribution in [1.29, 1.82) is 0 Å². The van der Waals surface area contributed by atoms with Crippen molar-refractivity contribution < 1.29 is 8.42 Å². The van der Waals surface area contributed by atoms with Gasteiger partial charge in [0.2, 0.25) is 10.0 Å². The lowest BCUT2D eigenvalue weighted by Gasteiger charge is -2.18. The van der Waals surface area contributed by atoms with Crippen molar-refractivity contribution in [1.82, 2.24) is 4.72 Å². The summed E-state index contributed by atoms with van der Waals surface area (Å²) in [6.45, 7) is 1.96. The third kappa shape index (κ3) is 3.11. The molecule has 0 aliphatic heterocycles. The molecule has 0 amide bonds. The molecule has 0 spiro atoms. The first-order valence-corrected chi connectivity index (χ1v) is 6.35. The van der Waals surface area contributed by atoms with Crippen LogP contribution in [0.2, 0.25) is 0 Å². The number of hydrogen-bond donors (Lipinski definition) is 1. The minimum Gasteiger partial charge on any atom is -0.213 e. The second kappa shape index (κ2) is 3.75. The van der Waals surface area contributed by atoms with Gasteiger partial charge in [0.15, 0.2) is 0 Å². The molecule has 0 aromatic carbocycles. The van der Waals surface area contributed by atoms with Crippen LogP contribution in [0.4, 0.5) is 0 Å². The average molecular weight is 191 g/mol. The molecule has 0 aromatic heterocycles. The maximum Gasteiger partial charge on any atom is 0.208 e. The van der Waals surface area contributed by atoms with Crippen molar-refractivity contribution in [3.8, 4) is 0 Å². The Labute approximate surface area is 74.6 Å².